The Balaban J connectivity index is 3.02. The number of hydrogen-bond acceptors (Lipinski definition) is 4. The van der Waals surface area contributed by atoms with Gasteiger partial charge in [0.05, 0.1) is 10.7 Å². The van der Waals surface area contributed by atoms with Gasteiger partial charge in [-0.1, -0.05) is 11.6 Å². The number of rotatable bonds is 2. The highest BCUT2D eigenvalue weighted by Gasteiger charge is 2.09. The van der Waals surface area contributed by atoms with Crippen molar-refractivity contribution < 1.29 is 4.39 Å². The predicted octanol–water partition coefficient (Wildman–Crippen LogP) is 3.06. The smallest absolute Gasteiger partial charge is 0.237 e. The molecule has 1 aromatic carbocycles. The maximum absolute atomic E-state index is 13.5. The lowest BCUT2D eigenvalue weighted by atomic mass is 10.3. The SMILES string of the molecule is N#CC(C#N)=NNc1ccc(Br)c(Cl)c1F. The van der Waals surface area contributed by atoms with E-state index in [2.05, 4.69) is 26.5 Å². The van der Waals surface area contributed by atoms with Crippen LogP contribution >= 0.6 is 27.5 Å². The van der Waals surface area contributed by atoms with Crippen molar-refractivity contribution in [2.24, 2.45) is 5.10 Å². The first kappa shape index (κ1) is 12.4. The molecule has 0 aliphatic heterocycles. The lowest BCUT2D eigenvalue weighted by molar-refractivity contribution is 0.630. The minimum absolute atomic E-state index is 0.0174. The van der Waals surface area contributed by atoms with Crippen LogP contribution in [0.15, 0.2) is 21.7 Å². The molecule has 0 aromatic heterocycles. The number of nitriles is 2. The first-order valence-electron chi connectivity index (χ1n) is 3.87. The van der Waals surface area contributed by atoms with E-state index in [0.717, 1.165) is 0 Å². The molecule has 0 aliphatic carbocycles. The summed E-state index contributed by atoms with van der Waals surface area (Å²) in [5, 5.41) is 20.1. The zero-order chi connectivity index (χ0) is 12.1. The van der Waals surface area contributed by atoms with Gasteiger partial charge in [-0.15, -0.1) is 0 Å². The zero-order valence-electron chi connectivity index (χ0n) is 7.63. The summed E-state index contributed by atoms with van der Waals surface area (Å²) in [6, 6.07) is 5.95. The van der Waals surface area contributed by atoms with Gasteiger partial charge in [0.1, 0.15) is 12.1 Å². The summed E-state index contributed by atoms with van der Waals surface area (Å²) in [5.74, 6) is -0.713. The molecule has 0 aliphatic rings. The van der Waals surface area contributed by atoms with E-state index in [4.69, 9.17) is 22.1 Å². The second-order valence-corrected chi connectivity index (χ2v) is 3.75. The highest BCUT2D eigenvalue weighted by Crippen LogP contribution is 2.30. The fourth-order valence-corrected chi connectivity index (χ4v) is 1.27. The minimum Gasteiger partial charge on any atom is -0.273 e. The van der Waals surface area contributed by atoms with Crippen LogP contribution in [0.25, 0.3) is 0 Å². The van der Waals surface area contributed by atoms with Gasteiger partial charge in [-0.2, -0.15) is 15.6 Å². The number of nitrogens with zero attached hydrogens (tertiary/aromatic N) is 3. The van der Waals surface area contributed by atoms with Crippen LogP contribution in [0, 0.1) is 28.5 Å². The Bertz CT molecular complexity index is 514. The van der Waals surface area contributed by atoms with Crippen molar-refractivity contribution >= 4 is 38.9 Å². The van der Waals surface area contributed by atoms with E-state index in [1.807, 2.05) is 0 Å². The largest absolute Gasteiger partial charge is 0.273 e. The Hall–Kier alpha value is -1.63. The van der Waals surface area contributed by atoms with E-state index in [1.54, 1.807) is 0 Å². The number of hydrogen-bond donors (Lipinski definition) is 1. The van der Waals surface area contributed by atoms with Crippen molar-refractivity contribution in [1.29, 1.82) is 10.5 Å². The van der Waals surface area contributed by atoms with Crippen LogP contribution in [0.2, 0.25) is 5.02 Å². The molecular formula is C9H3BrClFN4. The average Bonchev–Trinajstić information content (AvgIpc) is 2.30. The van der Waals surface area contributed by atoms with Gasteiger partial charge in [-0.25, -0.2) is 4.39 Å². The summed E-state index contributed by atoms with van der Waals surface area (Å²) in [6.45, 7) is 0. The van der Waals surface area contributed by atoms with Crippen LogP contribution in [0.4, 0.5) is 10.1 Å². The molecule has 0 fully saturated rings. The maximum atomic E-state index is 13.5. The topological polar surface area (TPSA) is 72.0 Å². The van der Waals surface area contributed by atoms with Crippen LogP contribution in [0.5, 0.6) is 0 Å². The Labute approximate surface area is 104 Å². The first-order chi connectivity index (χ1) is 7.60. The summed E-state index contributed by atoms with van der Waals surface area (Å²) in [5.41, 5.74) is 1.82. The second kappa shape index (κ2) is 5.45. The van der Waals surface area contributed by atoms with E-state index in [9.17, 15) is 4.39 Å². The van der Waals surface area contributed by atoms with E-state index in [0.29, 0.717) is 4.47 Å². The molecule has 0 atom stereocenters. The summed E-state index contributed by atoms with van der Waals surface area (Å²) in [7, 11) is 0. The van der Waals surface area contributed by atoms with E-state index < -0.39 is 11.5 Å². The third kappa shape index (κ3) is 2.69. The molecule has 0 spiro atoms. The van der Waals surface area contributed by atoms with Crippen LogP contribution in [-0.4, -0.2) is 5.71 Å². The summed E-state index contributed by atoms with van der Waals surface area (Å²) in [4.78, 5) is 0. The molecule has 4 nitrogen and oxygen atoms in total. The third-order valence-corrected chi connectivity index (χ3v) is 2.79. The molecule has 0 heterocycles. The molecule has 0 unspecified atom stereocenters. The lowest BCUT2D eigenvalue weighted by Crippen LogP contribution is -1.98. The van der Waals surface area contributed by atoms with Crippen LogP contribution in [0.1, 0.15) is 0 Å². The Kier molecular flexibility index (Phi) is 4.24. The summed E-state index contributed by atoms with van der Waals surface area (Å²) in [6.07, 6.45) is 0. The van der Waals surface area contributed by atoms with Crippen LogP contribution < -0.4 is 5.43 Å². The van der Waals surface area contributed by atoms with Gasteiger partial charge >= 0.3 is 0 Å². The van der Waals surface area contributed by atoms with E-state index >= 15 is 0 Å². The predicted molar refractivity (Wildman–Crippen MR) is 61.4 cm³/mol. The number of benzene rings is 1. The second-order valence-electron chi connectivity index (χ2n) is 2.52. The number of nitrogens with one attached hydrogen (secondary N) is 1. The molecular weight excluding hydrogens is 298 g/mol. The van der Waals surface area contributed by atoms with Gasteiger partial charge in [0.25, 0.3) is 0 Å². The van der Waals surface area contributed by atoms with Gasteiger partial charge in [0.15, 0.2) is 5.82 Å². The Morgan fingerprint density at radius 3 is 2.62 bits per heavy atom. The quantitative estimate of drug-likeness (QED) is 0.518. The highest BCUT2D eigenvalue weighted by molar-refractivity contribution is 9.10. The Morgan fingerprint density at radius 2 is 2.06 bits per heavy atom. The van der Waals surface area contributed by atoms with Gasteiger partial charge in [0, 0.05) is 4.47 Å². The zero-order valence-corrected chi connectivity index (χ0v) is 9.97. The van der Waals surface area contributed by atoms with Crippen molar-refractivity contribution in [3.05, 3.63) is 27.4 Å². The number of anilines is 1. The molecule has 7 heteroatoms. The molecule has 0 saturated carbocycles. The first-order valence-corrected chi connectivity index (χ1v) is 5.04. The highest BCUT2D eigenvalue weighted by atomic mass is 79.9. The van der Waals surface area contributed by atoms with Crippen molar-refractivity contribution in [3.63, 3.8) is 0 Å². The molecule has 1 rings (SSSR count). The molecule has 1 aromatic rings. The normalized spacial score (nSPS) is 8.81. The summed E-state index contributed by atoms with van der Waals surface area (Å²) >= 11 is 8.67. The standard InChI is InChI=1S/C9H3BrClFN4/c10-6-1-2-7(9(12)8(6)11)16-15-5(3-13)4-14/h1-2,16H. The van der Waals surface area contributed by atoms with Gasteiger partial charge < -0.3 is 0 Å². The van der Waals surface area contributed by atoms with Gasteiger partial charge in [-0.3, -0.25) is 5.43 Å². The van der Waals surface area contributed by atoms with Crippen LogP contribution in [0.3, 0.4) is 0 Å². The molecule has 16 heavy (non-hydrogen) atoms. The van der Waals surface area contributed by atoms with Crippen LogP contribution in [-0.2, 0) is 0 Å². The molecule has 0 bridgehead atoms. The fourth-order valence-electron chi connectivity index (χ4n) is 0.803. The van der Waals surface area contributed by atoms with Crippen molar-refractivity contribution in [3.8, 4) is 12.1 Å². The van der Waals surface area contributed by atoms with Crippen molar-refractivity contribution in [1.82, 2.24) is 0 Å². The summed E-state index contributed by atoms with van der Waals surface area (Å²) < 4.78 is 13.9. The number of halogens is 3. The van der Waals surface area contributed by atoms with Gasteiger partial charge in [0.2, 0.25) is 5.71 Å². The van der Waals surface area contributed by atoms with Crippen molar-refractivity contribution in [2.75, 3.05) is 5.43 Å². The molecule has 0 amide bonds. The number of hydrazone groups is 1. The van der Waals surface area contributed by atoms with Gasteiger partial charge in [-0.05, 0) is 28.1 Å². The minimum atomic E-state index is -0.713. The molecule has 0 saturated heterocycles. The molecule has 0 radical (unpaired) electrons. The Morgan fingerprint density at radius 1 is 1.44 bits per heavy atom. The maximum Gasteiger partial charge on any atom is 0.237 e. The van der Waals surface area contributed by atoms with E-state index in [-0.39, 0.29) is 10.7 Å². The lowest BCUT2D eigenvalue weighted by Gasteiger charge is -2.04. The third-order valence-electron chi connectivity index (χ3n) is 1.54. The monoisotopic (exact) mass is 300 g/mol. The molecule has 1 N–H and O–H groups in total. The average molecular weight is 302 g/mol. The fraction of sp³-hybridized carbons (Fsp3) is 0. The van der Waals surface area contributed by atoms with E-state index in [1.165, 1.54) is 24.3 Å². The van der Waals surface area contributed by atoms with Crippen molar-refractivity contribution in [2.45, 2.75) is 0 Å². The molecule has 80 valence electrons.